The van der Waals surface area contributed by atoms with Crippen molar-refractivity contribution in [2.75, 3.05) is 31.0 Å². The zero-order chi connectivity index (χ0) is 19.3. The third-order valence-electron chi connectivity index (χ3n) is 3.74. The molecule has 138 valence electrons. The van der Waals surface area contributed by atoms with Gasteiger partial charge in [0.15, 0.2) is 0 Å². The number of rotatable bonds is 6. The Hall–Kier alpha value is -2.73. The van der Waals surface area contributed by atoms with Crippen LogP contribution in [-0.4, -0.2) is 32.6 Å². The number of aryl methyl sites for hydroxylation is 1. The fourth-order valence-electron chi connectivity index (χ4n) is 2.49. The number of amides is 2. The summed E-state index contributed by atoms with van der Waals surface area (Å²) in [5.41, 5.74) is 1.92. The van der Waals surface area contributed by atoms with Crippen molar-refractivity contribution in [3.05, 3.63) is 47.0 Å². The first-order valence-electron chi connectivity index (χ1n) is 7.92. The number of ether oxygens (including phenoxy) is 2. The highest BCUT2D eigenvalue weighted by Crippen LogP contribution is 2.30. The van der Waals surface area contributed by atoms with E-state index < -0.39 is 0 Å². The second-order valence-corrected chi connectivity index (χ2v) is 6.11. The van der Waals surface area contributed by atoms with Crippen molar-refractivity contribution < 1.29 is 19.1 Å². The summed E-state index contributed by atoms with van der Waals surface area (Å²) >= 11 is 5.98. The summed E-state index contributed by atoms with van der Waals surface area (Å²) in [6.45, 7) is 3.12. The minimum atomic E-state index is -0.385. The van der Waals surface area contributed by atoms with Crippen molar-refractivity contribution in [3.63, 3.8) is 0 Å². The Balaban J connectivity index is 2.26. The predicted octanol–water partition coefficient (Wildman–Crippen LogP) is 3.66. The first-order valence-corrected chi connectivity index (χ1v) is 8.29. The van der Waals surface area contributed by atoms with E-state index in [1.807, 2.05) is 13.0 Å². The van der Waals surface area contributed by atoms with Crippen LogP contribution in [0.4, 0.5) is 11.4 Å². The summed E-state index contributed by atoms with van der Waals surface area (Å²) in [7, 11) is 3.02. The van der Waals surface area contributed by atoms with E-state index in [1.165, 1.54) is 26.0 Å². The van der Waals surface area contributed by atoms with Crippen LogP contribution in [-0.2, 0) is 9.59 Å². The molecule has 0 bridgehead atoms. The number of carbonyl (C=O) groups is 2. The van der Waals surface area contributed by atoms with Crippen LogP contribution < -0.4 is 19.7 Å². The summed E-state index contributed by atoms with van der Waals surface area (Å²) in [5, 5.41) is 3.19. The molecule has 0 heterocycles. The standard InChI is InChI=1S/C19H21ClN2O4/c1-12-5-7-18(26-4)16(9-12)22(13(2)23)11-19(24)21-15-10-14(20)6-8-17(15)25-3/h5-10H,11H2,1-4H3,(H,21,24). The topological polar surface area (TPSA) is 67.9 Å². The van der Waals surface area contributed by atoms with Gasteiger partial charge in [-0.05, 0) is 42.8 Å². The molecule has 0 aliphatic carbocycles. The average Bonchev–Trinajstić information content (AvgIpc) is 2.59. The molecule has 2 aromatic carbocycles. The van der Waals surface area contributed by atoms with E-state index in [4.69, 9.17) is 21.1 Å². The SMILES string of the molecule is COc1ccc(Cl)cc1NC(=O)CN(C(C)=O)c1cc(C)ccc1OC. The van der Waals surface area contributed by atoms with E-state index in [0.717, 1.165) is 5.56 Å². The normalized spacial score (nSPS) is 10.2. The van der Waals surface area contributed by atoms with E-state index in [0.29, 0.717) is 27.9 Å². The van der Waals surface area contributed by atoms with Gasteiger partial charge in [0.1, 0.15) is 18.0 Å². The summed E-state index contributed by atoms with van der Waals surface area (Å²) in [6.07, 6.45) is 0. The third-order valence-corrected chi connectivity index (χ3v) is 3.98. The molecule has 2 rings (SSSR count). The minimum Gasteiger partial charge on any atom is -0.495 e. The number of nitrogens with one attached hydrogen (secondary N) is 1. The lowest BCUT2D eigenvalue weighted by Crippen LogP contribution is -2.37. The number of halogens is 1. The number of benzene rings is 2. The van der Waals surface area contributed by atoms with E-state index in [-0.39, 0.29) is 18.4 Å². The highest BCUT2D eigenvalue weighted by atomic mass is 35.5. The Kier molecular flexibility index (Phi) is 6.46. The molecule has 26 heavy (non-hydrogen) atoms. The molecule has 0 aliphatic rings. The van der Waals surface area contributed by atoms with Gasteiger partial charge in [0.25, 0.3) is 0 Å². The molecular weight excluding hydrogens is 356 g/mol. The summed E-state index contributed by atoms with van der Waals surface area (Å²) in [6, 6.07) is 10.3. The van der Waals surface area contributed by atoms with Crippen LogP contribution in [0.15, 0.2) is 36.4 Å². The molecule has 0 saturated heterocycles. The van der Waals surface area contributed by atoms with Crippen LogP contribution >= 0.6 is 11.6 Å². The molecule has 7 heteroatoms. The van der Waals surface area contributed by atoms with Crippen LogP contribution in [0.25, 0.3) is 0 Å². The number of anilines is 2. The minimum absolute atomic E-state index is 0.176. The van der Waals surface area contributed by atoms with Gasteiger partial charge in [0, 0.05) is 11.9 Å². The Labute approximate surface area is 157 Å². The maximum Gasteiger partial charge on any atom is 0.244 e. The highest BCUT2D eigenvalue weighted by molar-refractivity contribution is 6.31. The van der Waals surface area contributed by atoms with Gasteiger partial charge < -0.3 is 14.8 Å². The number of carbonyl (C=O) groups excluding carboxylic acids is 2. The van der Waals surface area contributed by atoms with Crippen LogP contribution in [0, 0.1) is 6.92 Å². The van der Waals surface area contributed by atoms with Crippen LogP contribution in [0.2, 0.25) is 5.02 Å². The average molecular weight is 377 g/mol. The van der Waals surface area contributed by atoms with Gasteiger partial charge in [0.2, 0.25) is 11.8 Å². The van der Waals surface area contributed by atoms with Gasteiger partial charge in [-0.25, -0.2) is 0 Å². The molecule has 6 nitrogen and oxygen atoms in total. The Morgan fingerprint density at radius 3 is 2.35 bits per heavy atom. The fraction of sp³-hybridized carbons (Fsp3) is 0.263. The van der Waals surface area contributed by atoms with Gasteiger partial charge in [-0.2, -0.15) is 0 Å². The second kappa shape index (κ2) is 8.58. The fourth-order valence-corrected chi connectivity index (χ4v) is 2.66. The molecule has 0 aliphatic heterocycles. The monoisotopic (exact) mass is 376 g/mol. The number of hydrogen-bond donors (Lipinski definition) is 1. The third kappa shape index (κ3) is 4.67. The van der Waals surface area contributed by atoms with Gasteiger partial charge >= 0.3 is 0 Å². The molecule has 1 N–H and O–H groups in total. The van der Waals surface area contributed by atoms with Crippen molar-refractivity contribution in [2.24, 2.45) is 0 Å². The van der Waals surface area contributed by atoms with Gasteiger partial charge in [-0.1, -0.05) is 17.7 Å². The van der Waals surface area contributed by atoms with E-state index in [9.17, 15) is 9.59 Å². The molecule has 0 fully saturated rings. The summed E-state index contributed by atoms with van der Waals surface area (Å²) < 4.78 is 10.5. The quantitative estimate of drug-likeness (QED) is 0.835. The van der Waals surface area contributed by atoms with Crippen LogP contribution in [0.1, 0.15) is 12.5 Å². The first-order chi connectivity index (χ1) is 12.3. The molecule has 2 aromatic rings. The lowest BCUT2D eigenvalue weighted by Gasteiger charge is -2.23. The molecule has 0 atom stereocenters. The highest BCUT2D eigenvalue weighted by Gasteiger charge is 2.20. The second-order valence-electron chi connectivity index (χ2n) is 5.67. The first kappa shape index (κ1) is 19.6. The Morgan fingerprint density at radius 2 is 1.73 bits per heavy atom. The molecular formula is C19H21ClN2O4. The van der Waals surface area contributed by atoms with Crippen molar-refractivity contribution in [1.29, 1.82) is 0 Å². The maximum atomic E-state index is 12.5. The molecule has 2 amide bonds. The summed E-state index contributed by atoms with van der Waals surface area (Å²) in [5.74, 6) is 0.329. The molecule has 0 radical (unpaired) electrons. The van der Waals surface area contributed by atoms with Crippen molar-refractivity contribution >= 4 is 34.8 Å². The van der Waals surface area contributed by atoms with Crippen LogP contribution in [0.3, 0.4) is 0 Å². The van der Waals surface area contributed by atoms with Crippen molar-refractivity contribution in [3.8, 4) is 11.5 Å². The van der Waals surface area contributed by atoms with Gasteiger partial charge in [-0.15, -0.1) is 0 Å². The number of hydrogen-bond acceptors (Lipinski definition) is 4. The van der Waals surface area contributed by atoms with E-state index in [2.05, 4.69) is 5.32 Å². The molecule has 0 unspecified atom stereocenters. The van der Waals surface area contributed by atoms with Gasteiger partial charge in [0.05, 0.1) is 25.6 Å². The lowest BCUT2D eigenvalue weighted by atomic mass is 10.2. The molecule has 0 spiro atoms. The van der Waals surface area contributed by atoms with Crippen molar-refractivity contribution in [1.82, 2.24) is 0 Å². The van der Waals surface area contributed by atoms with Gasteiger partial charge in [-0.3, -0.25) is 14.5 Å². The maximum absolute atomic E-state index is 12.5. The zero-order valence-electron chi connectivity index (χ0n) is 15.1. The van der Waals surface area contributed by atoms with Crippen LogP contribution in [0.5, 0.6) is 11.5 Å². The Bertz CT molecular complexity index is 823. The number of nitrogens with zero attached hydrogens (tertiary/aromatic N) is 1. The molecule has 0 saturated carbocycles. The predicted molar refractivity (Wildman–Crippen MR) is 102 cm³/mol. The summed E-state index contributed by atoms with van der Waals surface area (Å²) in [4.78, 5) is 26.0. The van der Waals surface area contributed by atoms with E-state index in [1.54, 1.807) is 30.3 Å². The largest absolute Gasteiger partial charge is 0.495 e. The Morgan fingerprint density at radius 1 is 1.08 bits per heavy atom. The molecule has 0 aromatic heterocycles. The smallest absolute Gasteiger partial charge is 0.244 e. The van der Waals surface area contributed by atoms with Crippen molar-refractivity contribution in [2.45, 2.75) is 13.8 Å². The lowest BCUT2D eigenvalue weighted by molar-refractivity contribution is -0.120. The number of methoxy groups -OCH3 is 2. The zero-order valence-corrected chi connectivity index (χ0v) is 15.9. The van der Waals surface area contributed by atoms with E-state index >= 15 is 0 Å².